The highest BCUT2D eigenvalue weighted by Crippen LogP contribution is 2.34. The zero-order valence-electron chi connectivity index (χ0n) is 17.0. The Bertz CT molecular complexity index is 1020. The second-order valence-electron chi connectivity index (χ2n) is 8.03. The molecule has 28 heavy (non-hydrogen) atoms. The van der Waals surface area contributed by atoms with Gasteiger partial charge in [0.2, 0.25) is 0 Å². The first-order chi connectivity index (χ1) is 13.1. The Morgan fingerprint density at radius 1 is 1.21 bits per heavy atom. The van der Waals surface area contributed by atoms with Crippen LogP contribution in [0.4, 0.5) is 16.2 Å². The van der Waals surface area contributed by atoms with E-state index >= 15 is 0 Å². The maximum Gasteiger partial charge on any atom is 0.419 e. The number of aryl methyl sites for hydroxylation is 1. The third-order valence-electron chi connectivity index (χ3n) is 4.21. The summed E-state index contributed by atoms with van der Waals surface area (Å²) in [6.07, 6.45) is 1.26. The van der Waals surface area contributed by atoms with E-state index < -0.39 is 11.7 Å². The average Bonchev–Trinajstić information content (AvgIpc) is 2.99. The lowest BCUT2D eigenvalue weighted by Gasteiger charge is -2.28. The minimum atomic E-state index is -0.649. The molecule has 6 nitrogen and oxygen atoms in total. The van der Waals surface area contributed by atoms with E-state index in [1.807, 2.05) is 52.0 Å². The number of carbonyl (C=O) groups is 1. The third-order valence-corrected chi connectivity index (χ3v) is 4.39. The Hall–Kier alpha value is -2.60. The van der Waals surface area contributed by atoms with Crippen molar-refractivity contribution in [3.05, 3.63) is 52.9 Å². The fourth-order valence-electron chi connectivity index (χ4n) is 2.95. The number of imidazole rings is 1. The van der Waals surface area contributed by atoms with E-state index in [0.717, 1.165) is 11.3 Å². The molecule has 0 unspecified atom stereocenters. The number of benzene rings is 1. The van der Waals surface area contributed by atoms with Gasteiger partial charge in [-0.1, -0.05) is 43.6 Å². The maximum absolute atomic E-state index is 13.2. The second kappa shape index (κ2) is 7.43. The van der Waals surface area contributed by atoms with E-state index in [1.165, 1.54) is 4.90 Å². The van der Waals surface area contributed by atoms with Crippen LogP contribution in [0.5, 0.6) is 0 Å². The van der Waals surface area contributed by atoms with Gasteiger partial charge in [-0.25, -0.2) is 19.2 Å². The highest BCUT2D eigenvalue weighted by atomic mass is 35.5. The maximum atomic E-state index is 13.2. The molecular weight excluding hydrogens is 376 g/mol. The summed E-state index contributed by atoms with van der Waals surface area (Å²) >= 11 is 6.33. The quantitative estimate of drug-likeness (QED) is 0.550. The predicted molar refractivity (Wildman–Crippen MR) is 112 cm³/mol. The standard InChI is InChI=1S/C21H25ClN4O2/c1-13(2)17-12-23-19-16(11-18(22)24-26(17)19)25(20(27)28-21(4,5)6)15-10-8-7-9-14(15)3/h7-13H,1-6H3. The number of hydrogen-bond acceptors (Lipinski definition) is 4. The lowest BCUT2D eigenvalue weighted by molar-refractivity contribution is 0.0599. The Kier molecular flexibility index (Phi) is 5.35. The number of fused-ring (bicyclic) bond motifs is 1. The van der Waals surface area contributed by atoms with Crippen molar-refractivity contribution in [1.82, 2.24) is 14.6 Å². The smallest absolute Gasteiger partial charge is 0.419 e. The Morgan fingerprint density at radius 2 is 1.89 bits per heavy atom. The number of nitrogens with zero attached hydrogens (tertiary/aromatic N) is 4. The number of carbonyl (C=O) groups excluding carboxylic acids is 1. The molecule has 3 rings (SSSR count). The molecule has 3 aromatic rings. The molecule has 0 aliphatic heterocycles. The lowest BCUT2D eigenvalue weighted by atomic mass is 10.1. The number of rotatable bonds is 3. The minimum absolute atomic E-state index is 0.197. The van der Waals surface area contributed by atoms with Crippen molar-refractivity contribution in [3.8, 4) is 0 Å². The SMILES string of the molecule is Cc1ccccc1N(C(=O)OC(C)(C)C)c1cc(Cl)nn2c(C(C)C)cnc12. The van der Waals surface area contributed by atoms with Crippen LogP contribution in [-0.4, -0.2) is 26.3 Å². The fraction of sp³-hybridized carbons (Fsp3) is 0.381. The van der Waals surface area contributed by atoms with Crippen molar-refractivity contribution in [2.24, 2.45) is 0 Å². The van der Waals surface area contributed by atoms with E-state index in [4.69, 9.17) is 16.3 Å². The van der Waals surface area contributed by atoms with Crippen LogP contribution in [0, 0.1) is 6.92 Å². The number of anilines is 2. The summed E-state index contributed by atoms with van der Waals surface area (Å²) in [6.45, 7) is 11.6. The third kappa shape index (κ3) is 3.97. The van der Waals surface area contributed by atoms with Crippen LogP contribution in [0.2, 0.25) is 5.15 Å². The van der Waals surface area contributed by atoms with Crippen molar-refractivity contribution < 1.29 is 9.53 Å². The molecule has 0 bridgehead atoms. The van der Waals surface area contributed by atoms with Crippen molar-refractivity contribution in [3.63, 3.8) is 0 Å². The van der Waals surface area contributed by atoms with Crippen molar-refractivity contribution in [2.75, 3.05) is 4.90 Å². The first-order valence-corrected chi connectivity index (χ1v) is 9.59. The molecule has 7 heteroatoms. The lowest BCUT2D eigenvalue weighted by Crippen LogP contribution is -2.34. The van der Waals surface area contributed by atoms with Crippen molar-refractivity contribution >= 4 is 34.7 Å². The van der Waals surface area contributed by atoms with Gasteiger partial charge in [0.25, 0.3) is 0 Å². The van der Waals surface area contributed by atoms with Crippen LogP contribution in [0.15, 0.2) is 36.5 Å². The molecule has 0 aliphatic rings. The second-order valence-corrected chi connectivity index (χ2v) is 8.41. The van der Waals surface area contributed by atoms with Gasteiger partial charge in [-0.3, -0.25) is 0 Å². The first kappa shape index (κ1) is 20.1. The predicted octanol–water partition coefficient (Wildman–Crippen LogP) is 5.89. The topological polar surface area (TPSA) is 59.7 Å². The van der Waals surface area contributed by atoms with Gasteiger partial charge in [0.1, 0.15) is 11.3 Å². The number of para-hydroxylation sites is 1. The molecule has 2 heterocycles. The molecule has 0 radical (unpaired) electrons. The number of ether oxygens (including phenoxy) is 1. The summed E-state index contributed by atoms with van der Waals surface area (Å²) in [4.78, 5) is 19.3. The monoisotopic (exact) mass is 400 g/mol. The largest absolute Gasteiger partial charge is 0.443 e. The molecule has 0 N–H and O–H groups in total. The van der Waals surface area contributed by atoms with Crippen molar-refractivity contribution in [1.29, 1.82) is 0 Å². The van der Waals surface area contributed by atoms with E-state index in [0.29, 0.717) is 17.0 Å². The summed E-state index contributed by atoms with van der Waals surface area (Å²) in [5.74, 6) is 0.197. The molecule has 0 fully saturated rings. The molecule has 0 spiro atoms. The van der Waals surface area contributed by atoms with E-state index in [1.54, 1.807) is 16.8 Å². The molecule has 1 aromatic carbocycles. The van der Waals surface area contributed by atoms with Crippen LogP contribution >= 0.6 is 11.6 Å². The van der Waals surface area contributed by atoms with Crippen LogP contribution in [0.25, 0.3) is 5.65 Å². The van der Waals surface area contributed by atoms with Crippen LogP contribution in [-0.2, 0) is 4.74 Å². The highest BCUT2D eigenvalue weighted by Gasteiger charge is 2.29. The highest BCUT2D eigenvalue weighted by molar-refractivity contribution is 6.29. The number of hydrogen-bond donors (Lipinski definition) is 0. The van der Waals surface area contributed by atoms with Gasteiger partial charge in [0, 0.05) is 6.07 Å². The number of halogens is 1. The van der Waals surface area contributed by atoms with E-state index in [9.17, 15) is 4.79 Å². The summed E-state index contributed by atoms with van der Waals surface area (Å²) in [5, 5.41) is 4.66. The summed E-state index contributed by atoms with van der Waals surface area (Å²) in [7, 11) is 0. The Morgan fingerprint density at radius 3 is 2.50 bits per heavy atom. The fourth-order valence-corrected chi connectivity index (χ4v) is 3.13. The summed E-state index contributed by atoms with van der Waals surface area (Å²) in [5.41, 5.74) is 2.96. The van der Waals surface area contributed by atoms with E-state index in [-0.39, 0.29) is 11.1 Å². The van der Waals surface area contributed by atoms with Crippen LogP contribution in [0.1, 0.15) is 51.8 Å². The average molecular weight is 401 g/mol. The molecular formula is C21H25ClN4O2. The van der Waals surface area contributed by atoms with Gasteiger partial charge < -0.3 is 4.74 Å². The van der Waals surface area contributed by atoms with Gasteiger partial charge in [-0.15, -0.1) is 0 Å². The van der Waals surface area contributed by atoms with Gasteiger partial charge in [-0.05, 0) is 45.2 Å². The number of amides is 1. The Labute approximate surface area is 170 Å². The zero-order chi connectivity index (χ0) is 20.6. The molecule has 0 saturated heterocycles. The van der Waals surface area contributed by atoms with Gasteiger partial charge in [0.15, 0.2) is 10.8 Å². The number of aromatic nitrogens is 3. The first-order valence-electron chi connectivity index (χ1n) is 9.21. The summed E-state index contributed by atoms with van der Waals surface area (Å²) in [6, 6.07) is 9.26. The molecule has 0 atom stereocenters. The molecule has 0 aliphatic carbocycles. The van der Waals surface area contributed by atoms with Crippen molar-refractivity contribution in [2.45, 2.75) is 53.1 Å². The molecule has 2 aromatic heterocycles. The van der Waals surface area contributed by atoms with Crippen LogP contribution in [0.3, 0.4) is 0 Å². The summed E-state index contributed by atoms with van der Waals surface area (Å²) < 4.78 is 7.39. The van der Waals surface area contributed by atoms with Gasteiger partial charge in [0.05, 0.1) is 17.6 Å². The normalized spacial score (nSPS) is 11.9. The van der Waals surface area contributed by atoms with Gasteiger partial charge >= 0.3 is 6.09 Å². The zero-order valence-corrected chi connectivity index (χ0v) is 17.8. The molecule has 0 saturated carbocycles. The van der Waals surface area contributed by atoms with Crippen LogP contribution < -0.4 is 4.90 Å². The van der Waals surface area contributed by atoms with E-state index in [2.05, 4.69) is 23.9 Å². The Balaban J connectivity index is 2.27. The van der Waals surface area contributed by atoms with Gasteiger partial charge in [-0.2, -0.15) is 5.10 Å². The molecule has 1 amide bonds. The molecule has 148 valence electrons. The minimum Gasteiger partial charge on any atom is -0.443 e.